The van der Waals surface area contributed by atoms with Crippen molar-refractivity contribution in [1.82, 2.24) is 5.32 Å². The van der Waals surface area contributed by atoms with Gasteiger partial charge < -0.3 is 11.1 Å². The Labute approximate surface area is 97.0 Å². The van der Waals surface area contributed by atoms with E-state index < -0.39 is 0 Å². The van der Waals surface area contributed by atoms with Crippen molar-refractivity contribution in [3.8, 4) is 0 Å². The first-order chi connectivity index (χ1) is 7.52. The lowest BCUT2D eigenvalue weighted by Gasteiger charge is -2.24. The van der Waals surface area contributed by atoms with Crippen LogP contribution in [0.5, 0.6) is 0 Å². The van der Waals surface area contributed by atoms with Crippen LogP contribution in [0.2, 0.25) is 0 Å². The van der Waals surface area contributed by atoms with Gasteiger partial charge in [0.25, 0.3) is 0 Å². The van der Waals surface area contributed by atoms with Crippen LogP contribution in [0.15, 0.2) is 30.3 Å². The number of nitrogens with two attached hydrogens (primary N) is 1. The van der Waals surface area contributed by atoms with Gasteiger partial charge >= 0.3 is 0 Å². The maximum atomic E-state index is 11.4. The van der Waals surface area contributed by atoms with Crippen LogP contribution in [-0.4, -0.2) is 18.0 Å². The lowest BCUT2D eigenvalue weighted by Crippen LogP contribution is -2.47. The van der Waals surface area contributed by atoms with Gasteiger partial charge in [-0.05, 0) is 5.56 Å². The van der Waals surface area contributed by atoms with Crippen molar-refractivity contribution in [3.63, 3.8) is 0 Å². The minimum Gasteiger partial charge on any atom is -0.368 e. The Morgan fingerprint density at radius 2 is 1.75 bits per heavy atom. The third-order valence-electron chi connectivity index (χ3n) is 2.64. The number of hydrogen-bond donors (Lipinski definition) is 2. The summed E-state index contributed by atoms with van der Waals surface area (Å²) in [5.74, 6) is -0.217. The molecule has 1 rings (SSSR count). The molecule has 0 aliphatic rings. The van der Waals surface area contributed by atoms with Crippen molar-refractivity contribution in [2.45, 2.75) is 38.8 Å². The van der Waals surface area contributed by atoms with E-state index in [0.29, 0.717) is 0 Å². The topological polar surface area (TPSA) is 55.1 Å². The number of carbonyl (C=O) groups excluding carboxylic acids is 1. The van der Waals surface area contributed by atoms with Crippen molar-refractivity contribution < 1.29 is 4.79 Å². The molecule has 1 aromatic carbocycles. The standard InChI is InChI=1S/C13H20N2O/c1-9(2)15-12(13(14)16)10(3)11-7-5-4-6-8-11/h4-10,12,15H,1-3H3,(H2,14,16). The van der Waals surface area contributed by atoms with E-state index in [2.05, 4.69) is 5.32 Å². The second-order valence-electron chi connectivity index (χ2n) is 4.40. The van der Waals surface area contributed by atoms with Crippen LogP contribution in [0.25, 0.3) is 0 Å². The van der Waals surface area contributed by atoms with Gasteiger partial charge in [-0.3, -0.25) is 4.79 Å². The molecular weight excluding hydrogens is 200 g/mol. The zero-order chi connectivity index (χ0) is 12.1. The molecule has 0 saturated heterocycles. The molecule has 0 heterocycles. The maximum absolute atomic E-state index is 11.4. The smallest absolute Gasteiger partial charge is 0.235 e. The van der Waals surface area contributed by atoms with E-state index in [9.17, 15) is 4.79 Å². The molecule has 3 heteroatoms. The summed E-state index contributed by atoms with van der Waals surface area (Å²) < 4.78 is 0. The summed E-state index contributed by atoms with van der Waals surface area (Å²) in [5, 5.41) is 3.20. The molecule has 0 aromatic heterocycles. The molecular formula is C13H20N2O. The van der Waals surface area contributed by atoms with Gasteiger partial charge in [-0.1, -0.05) is 51.1 Å². The van der Waals surface area contributed by atoms with Crippen molar-refractivity contribution in [2.24, 2.45) is 5.73 Å². The summed E-state index contributed by atoms with van der Waals surface area (Å²) >= 11 is 0. The van der Waals surface area contributed by atoms with Gasteiger partial charge in [-0.15, -0.1) is 0 Å². The van der Waals surface area contributed by atoms with E-state index in [4.69, 9.17) is 5.73 Å². The quantitative estimate of drug-likeness (QED) is 0.792. The number of carbonyl (C=O) groups is 1. The van der Waals surface area contributed by atoms with Crippen LogP contribution in [-0.2, 0) is 4.79 Å². The molecule has 0 aliphatic heterocycles. The molecule has 16 heavy (non-hydrogen) atoms. The van der Waals surface area contributed by atoms with Crippen LogP contribution in [0, 0.1) is 0 Å². The number of nitrogens with one attached hydrogen (secondary N) is 1. The Kier molecular flexibility index (Phi) is 4.50. The Hall–Kier alpha value is -1.35. The summed E-state index contributed by atoms with van der Waals surface area (Å²) in [7, 11) is 0. The average Bonchev–Trinajstić information content (AvgIpc) is 2.25. The molecule has 88 valence electrons. The lowest BCUT2D eigenvalue weighted by atomic mass is 9.92. The predicted molar refractivity (Wildman–Crippen MR) is 66.1 cm³/mol. The summed E-state index contributed by atoms with van der Waals surface area (Å²) in [5.41, 5.74) is 6.55. The van der Waals surface area contributed by atoms with E-state index in [-0.39, 0.29) is 23.9 Å². The van der Waals surface area contributed by atoms with Crippen molar-refractivity contribution in [1.29, 1.82) is 0 Å². The zero-order valence-corrected chi connectivity index (χ0v) is 10.1. The van der Waals surface area contributed by atoms with Crippen molar-refractivity contribution >= 4 is 5.91 Å². The molecule has 1 aromatic rings. The van der Waals surface area contributed by atoms with Crippen LogP contribution in [0.3, 0.4) is 0 Å². The summed E-state index contributed by atoms with van der Waals surface area (Å²) in [6, 6.07) is 9.86. The summed E-state index contributed by atoms with van der Waals surface area (Å²) in [6.45, 7) is 6.03. The first-order valence-corrected chi connectivity index (χ1v) is 5.62. The predicted octanol–water partition coefficient (Wildman–Crippen LogP) is 1.64. The van der Waals surface area contributed by atoms with E-state index in [1.807, 2.05) is 51.1 Å². The van der Waals surface area contributed by atoms with Crippen molar-refractivity contribution in [3.05, 3.63) is 35.9 Å². The highest BCUT2D eigenvalue weighted by atomic mass is 16.1. The average molecular weight is 220 g/mol. The molecule has 0 bridgehead atoms. The number of benzene rings is 1. The second-order valence-corrected chi connectivity index (χ2v) is 4.40. The van der Waals surface area contributed by atoms with Gasteiger partial charge in [0, 0.05) is 12.0 Å². The molecule has 0 radical (unpaired) electrons. The van der Waals surface area contributed by atoms with Gasteiger partial charge in [-0.25, -0.2) is 0 Å². The highest BCUT2D eigenvalue weighted by molar-refractivity contribution is 5.81. The van der Waals surface area contributed by atoms with Gasteiger partial charge in [0.05, 0.1) is 6.04 Å². The van der Waals surface area contributed by atoms with Crippen molar-refractivity contribution in [2.75, 3.05) is 0 Å². The molecule has 0 aliphatic carbocycles. The lowest BCUT2D eigenvalue weighted by molar-refractivity contribution is -0.120. The molecule has 0 fully saturated rings. The van der Waals surface area contributed by atoms with Crippen LogP contribution in [0.1, 0.15) is 32.3 Å². The number of rotatable bonds is 5. The second kappa shape index (κ2) is 5.66. The zero-order valence-electron chi connectivity index (χ0n) is 10.1. The third-order valence-corrected chi connectivity index (χ3v) is 2.64. The Balaban J connectivity index is 2.83. The highest BCUT2D eigenvalue weighted by Gasteiger charge is 2.24. The highest BCUT2D eigenvalue weighted by Crippen LogP contribution is 2.19. The third kappa shape index (κ3) is 3.35. The minimum atomic E-state index is -0.317. The van der Waals surface area contributed by atoms with Crippen LogP contribution < -0.4 is 11.1 Å². The fourth-order valence-corrected chi connectivity index (χ4v) is 1.78. The molecule has 2 unspecified atom stereocenters. The molecule has 0 spiro atoms. The molecule has 3 nitrogen and oxygen atoms in total. The Morgan fingerprint density at radius 3 is 2.19 bits per heavy atom. The number of amides is 1. The van der Waals surface area contributed by atoms with E-state index >= 15 is 0 Å². The normalized spacial score (nSPS) is 14.8. The van der Waals surface area contributed by atoms with Crippen LogP contribution >= 0.6 is 0 Å². The molecule has 2 atom stereocenters. The summed E-state index contributed by atoms with van der Waals surface area (Å²) in [6.07, 6.45) is 0. The number of primary amides is 1. The van der Waals surface area contributed by atoms with Gasteiger partial charge in [0.15, 0.2) is 0 Å². The van der Waals surface area contributed by atoms with Crippen LogP contribution in [0.4, 0.5) is 0 Å². The van der Waals surface area contributed by atoms with E-state index in [0.717, 1.165) is 5.56 Å². The summed E-state index contributed by atoms with van der Waals surface area (Å²) in [4.78, 5) is 11.4. The van der Waals surface area contributed by atoms with E-state index in [1.54, 1.807) is 0 Å². The monoisotopic (exact) mass is 220 g/mol. The largest absolute Gasteiger partial charge is 0.368 e. The first-order valence-electron chi connectivity index (χ1n) is 5.62. The Bertz CT molecular complexity index is 335. The maximum Gasteiger partial charge on any atom is 0.235 e. The fraction of sp³-hybridized carbons (Fsp3) is 0.462. The minimum absolute atomic E-state index is 0.0844. The van der Waals surface area contributed by atoms with E-state index in [1.165, 1.54) is 0 Å². The van der Waals surface area contributed by atoms with Gasteiger partial charge in [0.2, 0.25) is 5.91 Å². The number of hydrogen-bond acceptors (Lipinski definition) is 2. The molecule has 0 saturated carbocycles. The SMILES string of the molecule is CC(C)NC(C(N)=O)C(C)c1ccccc1. The first kappa shape index (κ1) is 12.7. The Morgan fingerprint density at radius 1 is 1.19 bits per heavy atom. The van der Waals surface area contributed by atoms with Gasteiger partial charge in [0.1, 0.15) is 0 Å². The molecule has 3 N–H and O–H groups in total. The fourth-order valence-electron chi connectivity index (χ4n) is 1.78. The molecule has 1 amide bonds. The van der Waals surface area contributed by atoms with Gasteiger partial charge in [-0.2, -0.15) is 0 Å².